The van der Waals surface area contributed by atoms with Gasteiger partial charge in [0.2, 0.25) is 11.8 Å². The summed E-state index contributed by atoms with van der Waals surface area (Å²) in [5, 5.41) is 2.07. The van der Waals surface area contributed by atoms with Crippen molar-refractivity contribution < 1.29 is 9.53 Å². The number of nitrogens with zero attached hydrogens (tertiary/aromatic N) is 3. The molecule has 3 rings (SSSR count). The van der Waals surface area contributed by atoms with Crippen molar-refractivity contribution in [1.82, 2.24) is 14.9 Å². The summed E-state index contributed by atoms with van der Waals surface area (Å²) in [6.45, 7) is 4.60. The van der Waals surface area contributed by atoms with E-state index in [1.807, 2.05) is 6.92 Å². The maximum Gasteiger partial charge on any atom is 0.223 e. The predicted molar refractivity (Wildman–Crippen MR) is 83.8 cm³/mol. The van der Waals surface area contributed by atoms with Crippen molar-refractivity contribution in [3.8, 4) is 5.88 Å². The van der Waals surface area contributed by atoms with E-state index in [0.717, 1.165) is 16.3 Å². The monoisotopic (exact) mass is 320 g/mol. The van der Waals surface area contributed by atoms with Crippen molar-refractivity contribution >= 4 is 28.3 Å². The van der Waals surface area contributed by atoms with Crippen molar-refractivity contribution in [3.05, 3.63) is 29.2 Å². The smallest absolute Gasteiger partial charge is 0.223 e. The summed E-state index contributed by atoms with van der Waals surface area (Å²) in [7, 11) is 0. The van der Waals surface area contributed by atoms with Gasteiger partial charge in [-0.05, 0) is 23.9 Å². The maximum absolute atomic E-state index is 11.2. The summed E-state index contributed by atoms with van der Waals surface area (Å²) >= 11 is 5.99. The third-order valence-corrected chi connectivity index (χ3v) is 4.00. The van der Waals surface area contributed by atoms with Crippen LogP contribution in [0.15, 0.2) is 18.5 Å². The molecule has 0 aromatic carbocycles. The van der Waals surface area contributed by atoms with E-state index in [1.54, 1.807) is 30.3 Å². The van der Waals surface area contributed by atoms with Gasteiger partial charge in [-0.25, -0.2) is 9.97 Å². The summed E-state index contributed by atoms with van der Waals surface area (Å²) in [6, 6.07) is 1.60. The molecule has 22 heavy (non-hydrogen) atoms. The predicted octanol–water partition coefficient (Wildman–Crippen LogP) is 1.91. The first kappa shape index (κ1) is 15.0. The highest BCUT2D eigenvalue weighted by molar-refractivity contribution is 6.30. The fourth-order valence-corrected chi connectivity index (χ4v) is 2.65. The molecule has 1 saturated heterocycles. The molecule has 1 aliphatic heterocycles. The van der Waals surface area contributed by atoms with E-state index in [-0.39, 0.29) is 18.1 Å². The van der Waals surface area contributed by atoms with Crippen LogP contribution in [-0.2, 0) is 4.79 Å². The molecular weight excluding hydrogens is 304 g/mol. The molecule has 7 heteroatoms. The van der Waals surface area contributed by atoms with Gasteiger partial charge in [-0.1, -0.05) is 11.6 Å². The Labute approximate surface area is 133 Å². The highest BCUT2D eigenvalue weighted by Gasteiger charge is 2.31. The normalized spacial score (nSPS) is 16.5. The van der Waals surface area contributed by atoms with Crippen molar-refractivity contribution in [3.63, 3.8) is 0 Å². The molecule has 1 fully saturated rings. The molecule has 3 heterocycles. The minimum absolute atomic E-state index is 0.0450. The van der Waals surface area contributed by atoms with Gasteiger partial charge in [0, 0.05) is 25.4 Å². The minimum atomic E-state index is -0.167. The lowest BCUT2D eigenvalue weighted by Gasteiger charge is -2.38. The molecule has 0 saturated carbocycles. The molecule has 1 atom stereocenters. The van der Waals surface area contributed by atoms with E-state index >= 15 is 0 Å². The molecule has 116 valence electrons. The Bertz CT molecular complexity index is 729. The summed E-state index contributed by atoms with van der Waals surface area (Å²) in [6.07, 6.45) is 3.31. The van der Waals surface area contributed by atoms with Gasteiger partial charge in [0.15, 0.2) is 0 Å². The van der Waals surface area contributed by atoms with Crippen molar-refractivity contribution in [2.45, 2.75) is 26.0 Å². The van der Waals surface area contributed by atoms with Gasteiger partial charge >= 0.3 is 0 Å². The van der Waals surface area contributed by atoms with Gasteiger partial charge in [0.1, 0.15) is 11.3 Å². The van der Waals surface area contributed by atoms with Crippen LogP contribution in [0.4, 0.5) is 0 Å². The number of carbonyl (C=O) groups is 1. The fourth-order valence-electron chi connectivity index (χ4n) is 2.49. The average Bonchev–Trinajstić information content (AvgIpc) is 2.40. The molecule has 2 N–H and O–H groups in total. The number of hydrogen-bond acceptors (Lipinski definition) is 5. The topological polar surface area (TPSA) is 81.3 Å². The Morgan fingerprint density at radius 1 is 1.41 bits per heavy atom. The zero-order valence-electron chi connectivity index (χ0n) is 12.4. The van der Waals surface area contributed by atoms with E-state index in [4.69, 9.17) is 22.1 Å². The molecule has 0 radical (unpaired) electrons. The molecule has 1 amide bonds. The van der Waals surface area contributed by atoms with Crippen LogP contribution in [0.1, 0.15) is 25.5 Å². The summed E-state index contributed by atoms with van der Waals surface area (Å²) in [5.41, 5.74) is 6.88. The number of carbonyl (C=O) groups excluding carboxylic acids is 1. The van der Waals surface area contributed by atoms with E-state index < -0.39 is 0 Å². The van der Waals surface area contributed by atoms with Crippen LogP contribution in [-0.4, -0.2) is 40.0 Å². The van der Waals surface area contributed by atoms with Crippen LogP contribution in [0, 0.1) is 0 Å². The van der Waals surface area contributed by atoms with Crippen molar-refractivity contribution in [2.24, 2.45) is 5.73 Å². The molecule has 1 unspecified atom stereocenters. The van der Waals surface area contributed by atoms with Crippen LogP contribution in [0.25, 0.3) is 10.8 Å². The first-order valence-corrected chi connectivity index (χ1v) is 7.45. The van der Waals surface area contributed by atoms with Crippen molar-refractivity contribution in [1.29, 1.82) is 0 Å². The van der Waals surface area contributed by atoms with E-state index in [2.05, 4.69) is 9.97 Å². The number of nitrogens with two attached hydrogens (primary N) is 1. The Kier molecular flexibility index (Phi) is 3.88. The number of amides is 1. The second-order valence-corrected chi connectivity index (χ2v) is 5.91. The van der Waals surface area contributed by atoms with Gasteiger partial charge < -0.3 is 15.4 Å². The van der Waals surface area contributed by atoms with Crippen molar-refractivity contribution in [2.75, 3.05) is 13.1 Å². The number of halogens is 1. The van der Waals surface area contributed by atoms with Crippen LogP contribution in [0.5, 0.6) is 5.88 Å². The maximum atomic E-state index is 11.2. The fraction of sp³-hybridized carbons (Fsp3) is 0.400. The number of rotatable bonds is 3. The highest BCUT2D eigenvalue weighted by atomic mass is 35.5. The zero-order valence-corrected chi connectivity index (χ0v) is 13.2. The van der Waals surface area contributed by atoms with Gasteiger partial charge in [0.25, 0.3) is 0 Å². The van der Waals surface area contributed by atoms with Gasteiger partial charge in [-0.2, -0.15) is 0 Å². The second kappa shape index (κ2) is 5.70. The number of ether oxygens (including phenoxy) is 1. The van der Waals surface area contributed by atoms with Crippen LogP contribution in [0.3, 0.4) is 0 Å². The third-order valence-electron chi connectivity index (χ3n) is 3.80. The third kappa shape index (κ3) is 2.71. The van der Waals surface area contributed by atoms with Gasteiger partial charge in [-0.15, -0.1) is 0 Å². The Morgan fingerprint density at radius 3 is 2.77 bits per heavy atom. The second-order valence-electron chi connectivity index (χ2n) is 5.52. The molecular formula is C15H17ClN4O2. The molecule has 0 spiro atoms. The van der Waals surface area contributed by atoms with Crippen LogP contribution < -0.4 is 10.5 Å². The molecule has 0 bridgehead atoms. The number of aromatic nitrogens is 2. The number of likely N-dealkylation sites (tertiary alicyclic amines) is 1. The molecule has 2 aromatic heterocycles. The molecule has 1 aliphatic rings. The lowest BCUT2D eigenvalue weighted by atomic mass is 10.0. The standard InChI is InChI=1S/C15H17ClN4O2/c1-8(17)12-4-19-15(13-5-18-14(16)3-11(12)13)22-10-6-20(7-10)9(2)21/h3-5,8,10H,6-7,17H2,1-2H3. The van der Waals surface area contributed by atoms with E-state index in [9.17, 15) is 4.79 Å². The zero-order chi connectivity index (χ0) is 15.9. The van der Waals surface area contributed by atoms with E-state index in [1.165, 1.54) is 0 Å². The first-order chi connectivity index (χ1) is 10.5. The molecule has 0 aliphatic carbocycles. The van der Waals surface area contributed by atoms with Gasteiger partial charge in [0.05, 0.1) is 18.5 Å². The average molecular weight is 321 g/mol. The first-order valence-electron chi connectivity index (χ1n) is 7.07. The number of fused-ring (bicyclic) bond motifs is 1. The molecule has 6 nitrogen and oxygen atoms in total. The highest BCUT2D eigenvalue weighted by Crippen LogP contribution is 2.31. The summed E-state index contributed by atoms with van der Waals surface area (Å²) in [5.74, 6) is 0.551. The SMILES string of the molecule is CC(=O)N1CC(Oc2ncc(C(C)N)c3cc(Cl)ncc23)C1. The Hall–Kier alpha value is -1.92. The largest absolute Gasteiger partial charge is 0.470 e. The molecule has 2 aromatic rings. The number of pyridine rings is 2. The number of hydrogen-bond donors (Lipinski definition) is 1. The van der Waals surface area contributed by atoms with E-state index in [0.29, 0.717) is 24.1 Å². The van der Waals surface area contributed by atoms with Crippen LogP contribution >= 0.6 is 11.6 Å². The van der Waals surface area contributed by atoms with Crippen LogP contribution in [0.2, 0.25) is 5.15 Å². The Morgan fingerprint density at radius 2 is 2.14 bits per heavy atom. The lowest BCUT2D eigenvalue weighted by Crippen LogP contribution is -2.55. The quantitative estimate of drug-likeness (QED) is 0.874. The minimum Gasteiger partial charge on any atom is -0.470 e. The Balaban J connectivity index is 1.91. The lowest BCUT2D eigenvalue weighted by molar-refractivity contribution is -0.137. The van der Waals surface area contributed by atoms with Gasteiger partial charge in [-0.3, -0.25) is 4.79 Å². The summed E-state index contributed by atoms with van der Waals surface area (Å²) < 4.78 is 5.89. The summed E-state index contributed by atoms with van der Waals surface area (Å²) in [4.78, 5) is 21.4.